The van der Waals surface area contributed by atoms with E-state index < -0.39 is 17.8 Å². The molecule has 7 nitrogen and oxygen atoms in total. The first-order valence-corrected chi connectivity index (χ1v) is 5.23. The number of carbonyl (C=O) groups excluding carboxylic acids is 3. The molecule has 0 aromatic carbocycles. The van der Waals surface area contributed by atoms with E-state index in [2.05, 4.69) is 14.8 Å². The maximum atomic E-state index is 11.7. The fourth-order valence-electron chi connectivity index (χ4n) is 0.992. The van der Waals surface area contributed by atoms with E-state index in [1.54, 1.807) is 0 Å². The van der Waals surface area contributed by atoms with Gasteiger partial charge < -0.3 is 19.7 Å². The first-order valence-electron chi connectivity index (χ1n) is 5.23. The average Bonchev–Trinajstić information content (AvgIpc) is 2.33. The van der Waals surface area contributed by atoms with Crippen molar-refractivity contribution >= 4 is 17.8 Å². The molecule has 0 aromatic rings. The van der Waals surface area contributed by atoms with Gasteiger partial charge in [0.15, 0.2) is 0 Å². The second-order valence-corrected chi connectivity index (χ2v) is 3.63. The van der Waals surface area contributed by atoms with Crippen molar-refractivity contribution in [2.45, 2.75) is 0 Å². The van der Waals surface area contributed by atoms with Crippen LogP contribution < -0.4 is 5.32 Å². The Balaban J connectivity index is 4.67. The van der Waals surface area contributed by atoms with Gasteiger partial charge >= 0.3 is 11.9 Å². The molecule has 0 saturated carbocycles. The topological polar surface area (TPSA) is 84.9 Å². The number of ether oxygens (including phenoxy) is 2. The van der Waals surface area contributed by atoms with Crippen molar-refractivity contribution in [2.75, 3.05) is 41.4 Å². The van der Waals surface area contributed by atoms with Crippen molar-refractivity contribution in [1.29, 1.82) is 0 Å². The Morgan fingerprint density at radius 1 is 1.17 bits per heavy atom. The second kappa shape index (κ2) is 8.24. The lowest BCUT2D eigenvalue weighted by Gasteiger charge is -2.11. The molecule has 0 aromatic heterocycles. The van der Waals surface area contributed by atoms with Gasteiger partial charge in [-0.15, -0.1) is 0 Å². The van der Waals surface area contributed by atoms with Crippen LogP contribution in [0.1, 0.15) is 0 Å². The number of esters is 2. The summed E-state index contributed by atoms with van der Waals surface area (Å²) in [7, 11) is 5.97. The third-order valence-corrected chi connectivity index (χ3v) is 1.96. The third-order valence-electron chi connectivity index (χ3n) is 1.96. The van der Waals surface area contributed by atoms with Crippen LogP contribution in [0.4, 0.5) is 0 Å². The summed E-state index contributed by atoms with van der Waals surface area (Å²) in [5.41, 5.74) is -0.386. The molecule has 0 rings (SSSR count). The molecule has 0 bridgehead atoms. The molecule has 0 aliphatic heterocycles. The molecule has 0 aliphatic rings. The number of carbonyl (C=O) groups is 3. The fourth-order valence-corrected chi connectivity index (χ4v) is 0.992. The molecule has 0 unspecified atom stereocenters. The van der Waals surface area contributed by atoms with Crippen molar-refractivity contribution in [3.63, 3.8) is 0 Å². The Morgan fingerprint density at radius 3 is 2.22 bits per heavy atom. The lowest BCUT2D eigenvalue weighted by Crippen LogP contribution is -2.34. The number of amides is 1. The van der Waals surface area contributed by atoms with Gasteiger partial charge in [-0.3, -0.25) is 4.79 Å². The molecule has 102 valence electrons. The van der Waals surface area contributed by atoms with Gasteiger partial charge in [0.2, 0.25) is 0 Å². The molecule has 0 aliphatic carbocycles. The summed E-state index contributed by atoms with van der Waals surface area (Å²) in [6.07, 6.45) is 0.802. The highest BCUT2D eigenvalue weighted by molar-refractivity contribution is 6.19. The summed E-state index contributed by atoms with van der Waals surface area (Å²) in [6.45, 7) is 0.958. The molecule has 0 heterocycles. The van der Waals surface area contributed by atoms with Gasteiger partial charge in [0, 0.05) is 19.2 Å². The van der Waals surface area contributed by atoms with Crippen LogP contribution in [0.5, 0.6) is 0 Å². The van der Waals surface area contributed by atoms with Crippen molar-refractivity contribution in [1.82, 2.24) is 10.2 Å². The average molecular weight is 258 g/mol. The standard InChI is InChI=1S/C11H18N2O5/c1-13(2)6-5-12-10(15)8(11(16)18-4)7-9(14)17-3/h7H,5-6H2,1-4H3,(H,12,15)/b8-7+. The number of nitrogens with zero attached hydrogens (tertiary/aromatic N) is 1. The predicted molar refractivity (Wildman–Crippen MR) is 63.7 cm³/mol. The molecule has 0 saturated heterocycles. The number of rotatable bonds is 6. The van der Waals surface area contributed by atoms with Gasteiger partial charge in [-0.05, 0) is 14.1 Å². The molecular formula is C11H18N2O5. The van der Waals surface area contributed by atoms with Crippen molar-refractivity contribution in [3.8, 4) is 0 Å². The zero-order valence-electron chi connectivity index (χ0n) is 11.0. The molecule has 7 heteroatoms. The lowest BCUT2D eigenvalue weighted by molar-refractivity contribution is -0.140. The molecule has 1 amide bonds. The minimum Gasteiger partial charge on any atom is -0.466 e. The molecule has 0 radical (unpaired) electrons. The Bertz CT molecular complexity index is 349. The van der Waals surface area contributed by atoms with E-state index in [4.69, 9.17) is 0 Å². The van der Waals surface area contributed by atoms with Gasteiger partial charge in [0.25, 0.3) is 5.91 Å². The predicted octanol–water partition coefficient (Wildman–Crippen LogP) is -1.06. The summed E-state index contributed by atoms with van der Waals surface area (Å²) in [5, 5.41) is 2.50. The largest absolute Gasteiger partial charge is 0.466 e. The van der Waals surface area contributed by atoms with Gasteiger partial charge in [-0.2, -0.15) is 0 Å². The van der Waals surface area contributed by atoms with E-state index in [-0.39, 0.29) is 5.57 Å². The molecule has 0 spiro atoms. The maximum Gasteiger partial charge on any atom is 0.343 e. The quantitative estimate of drug-likeness (QED) is 0.283. The van der Waals surface area contributed by atoms with Crippen LogP contribution in [-0.2, 0) is 23.9 Å². The molecule has 18 heavy (non-hydrogen) atoms. The van der Waals surface area contributed by atoms with Crippen molar-refractivity contribution in [3.05, 3.63) is 11.6 Å². The van der Waals surface area contributed by atoms with Gasteiger partial charge in [0.05, 0.1) is 14.2 Å². The van der Waals surface area contributed by atoms with Gasteiger partial charge in [-0.1, -0.05) is 0 Å². The number of likely N-dealkylation sites (N-methyl/N-ethyl adjacent to an activating group) is 1. The Morgan fingerprint density at radius 2 is 1.78 bits per heavy atom. The van der Waals surface area contributed by atoms with Crippen LogP contribution in [-0.4, -0.2) is 64.2 Å². The van der Waals surface area contributed by atoms with Crippen LogP contribution in [0.2, 0.25) is 0 Å². The second-order valence-electron chi connectivity index (χ2n) is 3.63. The highest BCUT2D eigenvalue weighted by Crippen LogP contribution is 1.99. The number of hydrogen-bond acceptors (Lipinski definition) is 6. The summed E-state index contributed by atoms with van der Waals surface area (Å²) >= 11 is 0. The highest BCUT2D eigenvalue weighted by Gasteiger charge is 2.20. The van der Waals surface area contributed by atoms with Crippen LogP contribution >= 0.6 is 0 Å². The summed E-state index contributed by atoms with van der Waals surface area (Å²) in [4.78, 5) is 35.9. The number of nitrogens with one attached hydrogen (secondary N) is 1. The van der Waals surface area contributed by atoms with Crippen molar-refractivity contribution in [2.24, 2.45) is 0 Å². The monoisotopic (exact) mass is 258 g/mol. The van der Waals surface area contributed by atoms with Crippen LogP contribution in [0.3, 0.4) is 0 Å². The van der Waals surface area contributed by atoms with E-state index >= 15 is 0 Å². The number of hydrogen-bond donors (Lipinski definition) is 1. The molecule has 1 N–H and O–H groups in total. The normalized spacial score (nSPS) is 11.1. The van der Waals surface area contributed by atoms with E-state index in [0.29, 0.717) is 13.1 Å². The van der Waals surface area contributed by atoms with Crippen LogP contribution in [0, 0.1) is 0 Å². The first kappa shape index (κ1) is 16.1. The van der Waals surface area contributed by atoms with Crippen LogP contribution in [0.25, 0.3) is 0 Å². The zero-order chi connectivity index (χ0) is 14.1. The first-order chi connectivity index (χ1) is 8.42. The Labute approximate surface area is 106 Å². The fraction of sp³-hybridized carbons (Fsp3) is 0.545. The minimum atomic E-state index is -0.886. The summed E-state index contributed by atoms with van der Waals surface area (Å²) in [6, 6.07) is 0. The molecule has 0 atom stereocenters. The summed E-state index contributed by atoms with van der Waals surface area (Å²) in [5.74, 6) is -2.35. The third kappa shape index (κ3) is 6.00. The molecular weight excluding hydrogens is 240 g/mol. The van der Waals surface area contributed by atoms with E-state index in [1.165, 1.54) is 0 Å². The van der Waals surface area contributed by atoms with Crippen LogP contribution in [0.15, 0.2) is 11.6 Å². The number of methoxy groups -OCH3 is 2. The lowest BCUT2D eigenvalue weighted by atomic mass is 10.2. The Kier molecular flexibility index (Phi) is 7.37. The SMILES string of the molecule is COC(=O)/C=C(\C(=O)NCCN(C)C)C(=O)OC. The van der Waals surface area contributed by atoms with E-state index in [9.17, 15) is 14.4 Å². The van der Waals surface area contributed by atoms with Gasteiger partial charge in [-0.25, -0.2) is 9.59 Å². The smallest absolute Gasteiger partial charge is 0.343 e. The van der Waals surface area contributed by atoms with Gasteiger partial charge in [0.1, 0.15) is 5.57 Å². The zero-order valence-corrected chi connectivity index (χ0v) is 11.0. The maximum absolute atomic E-state index is 11.7. The van der Waals surface area contributed by atoms with Crippen molar-refractivity contribution < 1.29 is 23.9 Å². The highest BCUT2D eigenvalue weighted by atomic mass is 16.5. The minimum absolute atomic E-state index is 0.349. The van der Waals surface area contributed by atoms with E-state index in [0.717, 1.165) is 20.3 Å². The molecule has 0 fully saturated rings. The Hall–Kier alpha value is -1.89. The van der Waals surface area contributed by atoms with E-state index in [1.807, 2.05) is 19.0 Å². The summed E-state index contributed by atoms with van der Waals surface area (Å²) < 4.78 is 8.78.